The summed E-state index contributed by atoms with van der Waals surface area (Å²) in [6, 6.07) is 3.28. The molecule has 0 atom stereocenters. The highest BCUT2D eigenvalue weighted by atomic mass is 79.9. The minimum atomic E-state index is -3.33. The zero-order chi connectivity index (χ0) is 10.6. The molecule has 0 spiro atoms. The van der Waals surface area contributed by atoms with Gasteiger partial charge in [-0.15, -0.1) is 11.3 Å². The first-order valence-corrected chi connectivity index (χ1v) is 7.10. The van der Waals surface area contributed by atoms with Crippen molar-refractivity contribution < 1.29 is 8.42 Å². The molecule has 14 heavy (non-hydrogen) atoms. The third-order valence-electron chi connectivity index (χ3n) is 1.49. The maximum absolute atomic E-state index is 11.6. The first kappa shape index (κ1) is 12.1. The maximum Gasteiger partial charge on any atom is 0.250 e. The van der Waals surface area contributed by atoms with Gasteiger partial charge in [-0.25, -0.2) is 13.1 Å². The highest BCUT2D eigenvalue weighted by Crippen LogP contribution is 2.25. The maximum atomic E-state index is 11.6. The minimum absolute atomic E-state index is 0.321. The molecule has 0 radical (unpaired) electrons. The second-order valence-electron chi connectivity index (χ2n) is 2.60. The Bertz CT molecular complexity index is 388. The molecule has 80 valence electrons. The van der Waals surface area contributed by atoms with Gasteiger partial charge in [0.25, 0.3) is 0 Å². The Labute approximate surface area is 95.7 Å². The molecule has 1 aromatic rings. The van der Waals surface area contributed by atoms with E-state index in [2.05, 4.69) is 20.7 Å². The molecule has 0 aromatic carbocycles. The van der Waals surface area contributed by atoms with Crippen LogP contribution in [0, 0.1) is 0 Å². The predicted octanol–water partition coefficient (Wildman–Crippen LogP) is 1.14. The number of rotatable bonds is 5. The molecular formula is C7H11BrN2O2S2. The van der Waals surface area contributed by atoms with Crippen LogP contribution in [0.2, 0.25) is 0 Å². The average Bonchev–Trinajstić information content (AvgIpc) is 2.53. The zero-order valence-corrected chi connectivity index (χ0v) is 10.6. The van der Waals surface area contributed by atoms with Gasteiger partial charge in [0.1, 0.15) is 4.21 Å². The van der Waals surface area contributed by atoms with Crippen molar-refractivity contribution in [3.63, 3.8) is 0 Å². The van der Waals surface area contributed by atoms with Gasteiger partial charge in [0, 0.05) is 6.54 Å². The van der Waals surface area contributed by atoms with E-state index in [1.54, 1.807) is 12.1 Å². The molecule has 0 amide bonds. The van der Waals surface area contributed by atoms with Gasteiger partial charge in [-0.1, -0.05) is 0 Å². The summed E-state index contributed by atoms with van der Waals surface area (Å²) in [5.74, 6) is 0. The molecular weight excluding hydrogens is 288 g/mol. The monoisotopic (exact) mass is 298 g/mol. The van der Waals surface area contributed by atoms with Crippen LogP contribution in [0.15, 0.2) is 20.1 Å². The van der Waals surface area contributed by atoms with Crippen molar-refractivity contribution in [2.24, 2.45) is 5.73 Å². The molecule has 0 aliphatic rings. The first-order chi connectivity index (χ1) is 6.56. The Morgan fingerprint density at radius 1 is 1.50 bits per heavy atom. The number of nitrogens with two attached hydrogens (primary N) is 1. The van der Waals surface area contributed by atoms with Crippen LogP contribution in [0.3, 0.4) is 0 Å². The van der Waals surface area contributed by atoms with Gasteiger partial charge in [0.05, 0.1) is 3.79 Å². The highest BCUT2D eigenvalue weighted by molar-refractivity contribution is 9.11. The standard InChI is InChI=1S/C7H11BrN2O2S2/c8-6-2-3-7(13-6)14(11,12)10-5-1-4-9/h2-3,10H,1,4-5,9H2. The van der Waals surface area contributed by atoms with Gasteiger partial charge in [-0.2, -0.15) is 0 Å². The summed E-state index contributed by atoms with van der Waals surface area (Å²) < 4.78 is 26.7. The summed E-state index contributed by atoms with van der Waals surface area (Å²) >= 11 is 4.40. The summed E-state index contributed by atoms with van der Waals surface area (Å²) in [7, 11) is -3.33. The van der Waals surface area contributed by atoms with E-state index in [0.717, 1.165) is 3.79 Å². The van der Waals surface area contributed by atoms with E-state index in [0.29, 0.717) is 23.7 Å². The van der Waals surface area contributed by atoms with E-state index < -0.39 is 10.0 Å². The molecule has 0 unspecified atom stereocenters. The molecule has 0 fully saturated rings. The van der Waals surface area contributed by atoms with Crippen molar-refractivity contribution in [3.05, 3.63) is 15.9 Å². The van der Waals surface area contributed by atoms with Crippen LogP contribution in [0.5, 0.6) is 0 Å². The average molecular weight is 299 g/mol. The van der Waals surface area contributed by atoms with Crippen LogP contribution in [-0.4, -0.2) is 21.5 Å². The molecule has 1 rings (SSSR count). The quantitative estimate of drug-likeness (QED) is 0.801. The van der Waals surface area contributed by atoms with Crippen molar-refractivity contribution >= 4 is 37.3 Å². The molecule has 4 nitrogen and oxygen atoms in total. The third-order valence-corrected chi connectivity index (χ3v) is 5.06. The molecule has 3 N–H and O–H groups in total. The second-order valence-corrected chi connectivity index (χ2v) is 7.06. The largest absolute Gasteiger partial charge is 0.330 e. The van der Waals surface area contributed by atoms with Gasteiger partial charge < -0.3 is 5.73 Å². The summed E-state index contributed by atoms with van der Waals surface area (Å²) in [5.41, 5.74) is 5.26. The lowest BCUT2D eigenvalue weighted by Crippen LogP contribution is -2.25. The van der Waals surface area contributed by atoms with E-state index in [4.69, 9.17) is 5.73 Å². The van der Waals surface area contributed by atoms with Crippen LogP contribution in [0.4, 0.5) is 0 Å². The van der Waals surface area contributed by atoms with Crippen molar-refractivity contribution in [3.8, 4) is 0 Å². The van der Waals surface area contributed by atoms with Crippen LogP contribution in [-0.2, 0) is 10.0 Å². The van der Waals surface area contributed by atoms with Gasteiger partial charge in [-0.05, 0) is 41.0 Å². The van der Waals surface area contributed by atoms with Gasteiger partial charge >= 0.3 is 0 Å². The van der Waals surface area contributed by atoms with E-state index in [1.165, 1.54) is 11.3 Å². The summed E-state index contributed by atoms with van der Waals surface area (Å²) in [4.78, 5) is 0. The summed E-state index contributed by atoms with van der Waals surface area (Å²) in [6.07, 6.45) is 0.645. The van der Waals surface area contributed by atoms with Crippen molar-refractivity contribution in [2.75, 3.05) is 13.1 Å². The van der Waals surface area contributed by atoms with Crippen molar-refractivity contribution in [1.29, 1.82) is 0 Å². The predicted molar refractivity (Wildman–Crippen MR) is 60.9 cm³/mol. The summed E-state index contributed by atoms with van der Waals surface area (Å²) in [5, 5.41) is 0. The Kier molecular flexibility index (Phi) is 4.52. The third kappa shape index (κ3) is 3.32. The molecule has 1 aromatic heterocycles. The fraction of sp³-hybridized carbons (Fsp3) is 0.429. The Morgan fingerprint density at radius 2 is 2.21 bits per heavy atom. The first-order valence-electron chi connectivity index (χ1n) is 4.01. The lowest BCUT2D eigenvalue weighted by molar-refractivity contribution is 0.581. The van der Waals surface area contributed by atoms with Crippen LogP contribution in [0.25, 0.3) is 0 Å². The van der Waals surface area contributed by atoms with Crippen LogP contribution < -0.4 is 10.5 Å². The minimum Gasteiger partial charge on any atom is -0.330 e. The summed E-state index contributed by atoms with van der Waals surface area (Å²) in [6.45, 7) is 0.866. The zero-order valence-electron chi connectivity index (χ0n) is 7.36. The number of hydrogen-bond acceptors (Lipinski definition) is 4. The SMILES string of the molecule is NCCCNS(=O)(=O)c1ccc(Br)s1. The Hall–Kier alpha value is 0.0500. The van der Waals surface area contributed by atoms with Gasteiger partial charge in [-0.3, -0.25) is 0 Å². The smallest absolute Gasteiger partial charge is 0.250 e. The van der Waals surface area contributed by atoms with Crippen molar-refractivity contribution in [1.82, 2.24) is 4.72 Å². The number of hydrogen-bond donors (Lipinski definition) is 2. The molecule has 0 saturated heterocycles. The van der Waals surface area contributed by atoms with E-state index in [-0.39, 0.29) is 0 Å². The second kappa shape index (κ2) is 5.22. The van der Waals surface area contributed by atoms with Crippen molar-refractivity contribution in [2.45, 2.75) is 10.6 Å². The normalized spacial score (nSPS) is 11.9. The molecule has 0 aliphatic heterocycles. The Morgan fingerprint density at radius 3 is 2.71 bits per heavy atom. The number of thiophene rings is 1. The fourth-order valence-electron chi connectivity index (χ4n) is 0.822. The lowest BCUT2D eigenvalue weighted by Gasteiger charge is -2.02. The van der Waals surface area contributed by atoms with E-state index >= 15 is 0 Å². The van der Waals surface area contributed by atoms with Gasteiger partial charge in [0.2, 0.25) is 10.0 Å². The molecule has 0 bridgehead atoms. The number of sulfonamides is 1. The molecule has 7 heteroatoms. The van der Waals surface area contributed by atoms with E-state index in [1.807, 2.05) is 0 Å². The number of nitrogens with one attached hydrogen (secondary N) is 1. The topological polar surface area (TPSA) is 72.2 Å². The van der Waals surface area contributed by atoms with Gasteiger partial charge in [0.15, 0.2) is 0 Å². The number of halogens is 1. The van der Waals surface area contributed by atoms with Crippen LogP contribution >= 0.6 is 27.3 Å². The molecule has 0 saturated carbocycles. The Balaban J connectivity index is 2.66. The highest BCUT2D eigenvalue weighted by Gasteiger charge is 2.14. The molecule has 1 heterocycles. The fourth-order valence-corrected chi connectivity index (χ4v) is 3.95. The lowest BCUT2D eigenvalue weighted by atomic mass is 10.4. The molecule has 0 aliphatic carbocycles. The van der Waals surface area contributed by atoms with E-state index in [9.17, 15) is 8.42 Å². The van der Waals surface area contributed by atoms with Crippen LogP contribution in [0.1, 0.15) is 6.42 Å².